The first-order valence-corrected chi connectivity index (χ1v) is 10.6. The molecule has 0 atom stereocenters. The third-order valence-corrected chi connectivity index (χ3v) is 6.77. The molecule has 1 saturated carbocycles. The first kappa shape index (κ1) is 17.9. The molecule has 3 aromatic rings. The average Bonchev–Trinajstić information content (AvgIpc) is 3.40. The van der Waals surface area contributed by atoms with Crippen LogP contribution >= 0.6 is 23.1 Å². The Kier molecular flexibility index (Phi) is 5.31. The summed E-state index contributed by atoms with van der Waals surface area (Å²) in [6, 6.07) is 5.74. The Morgan fingerprint density at radius 3 is 2.85 bits per heavy atom. The van der Waals surface area contributed by atoms with Crippen molar-refractivity contribution < 1.29 is 0 Å². The van der Waals surface area contributed by atoms with Gasteiger partial charge in [-0.1, -0.05) is 23.0 Å². The molecule has 0 amide bonds. The molecule has 10 heteroatoms. The van der Waals surface area contributed by atoms with Crippen molar-refractivity contribution in [3.63, 3.8) is 0 Å². The van der Waals surface area contributed by atoms with Crippen molar-refractivity contribution in [3.8, 4) is 16.6 Å². The maximum Gasteiger partial charge on any atom is 0.270 e. The molecule has 0 saturated heterocycles. The van der Waals surface area contributed by atoms with Gasteiger partial charge in [0.1, 0.15) is 17.3 Å². The lowest BCUT2D eigenvalue weighted by atomic mass is 9.82. The molecule has 27 heavy (non-hydrogen) atoms. The Morgan fingerprint density at radius 2 is 2.19 bits per heavy atom. The summed E-state index contributed by atoms with van der Waals surface area (Å²) in [4.78, 5) is 20.4. The molecule has 3 heterocycles. The third-order valence-electron chi connectivity index (χ3n) is 4.79. The van der Waals surface area contributed by atoms with Crippen LogP contribution in [0.3, 0.4) is 0 Å². The summed E-state index contributed by atoms with van der Waals surface area (Å²) >= 11 is 3.02. The quantitative estimate of drug-likeness (QED) is 0.499. The summed E-state index contributed by atoms with van der Waals surface area (Å²) in [6.07, 6.45) is 4.26. The highest BCUT2D eigenvalue weighted by atomic mass is 32.2. The van der Waals surface area contributed by atoms with Gasteiger partial charge in [-0.15, -0.1) is 21.5 Å². The van der Waals surface area contributed by atoms with E-state index in [-0.39, 0.29) is 11.1 Å². The Labute approximate surface area is 163 Å². The van der Waals surface area contributed by atoms with Crippen molar-refractivity contribution >= 4 is 23.1 Å². The number of nitrogens with one attached hydrogen (secondary N) is 2. The Bertz CT molecular complexity index is 983. The van der Waals surface area contributed by atoms with E-state index in [1.54, 1.807) is 11.8 Å². The summed E-state index contributed by atoms with van der Waals surface area (Å²) in [6.45, 7) is 0. The van der Waals surface area contributed by atoms with Crippen molar-refractivity contribution in [1.82, 2.24) is 30.6 Å². The fourth-order valence-electron chi connectivity index (χ4n) is 3.34. The number of thioether (sulfide) groups is 1. The standard InChI is InChI=1S/C17H17N7OS2/c18-8-12-14(13-2-1-7-26-13)19-17(20-16(12)25)27-9-10-3-5-11(6-4-10)15-21-23-24-22-15/h1-2,7,10-11H,3-6,9H2,(H,19,20,25)(H,21,22,23,24). The zero-order chi connectivity index (χ0) is 18.6. The number of nitrogens with zero attached hydrogens (tertiary/aromatic N) is 5. The summed E-state index contributed by atoms with van der Waals surface area (Å²) in [7, 11) is 0. The monoisotopic (exact) mass is 399 g/mol. The molecule has 8 nitrogen and oxygen atoms in total. The molecule has 0 spiro atoms. The fraction of sp³-hybridized carbons (Fsp3) is 0.412. The van der Waals surface area contributed by atoms with Crippen molar-refractivity contribution in [2.75, 3.05) is 5.75 Å². The SMILES string of the molecule is N#Cc1c(-c2cccs2)nc(SCC2CCC(c3nn[nH]n3)CC2)[nH]c1=O. The number of rotatable bonds is 5. The van der Waals surface area contributed by atoms with Crippen molar-refractivity contribution in [2.45, 2.75) is 36.8 Å². The number of hydrogen-bond donors (Lipinski definition) is 2. The minimum atomic E-state index is -0.376. The molecular weight excluding hydrogens is 382 g/mol. The van der Waals surface area contributed by atoms with Crippen molar-refractivity contribution in [3.05, 3.63) is 39.3 Å². The van der Waals surface area contributed by atoms with Gasteiger partial charge >= 0.3 is 0 Å². The summed E-state index contributed by atoms with van der Waals surface area (Å²) < 4.78 is 0. The van der Waals surface area contributed by atoms with E-state index in [1.165, 1.54) is 11.3 Å². The van der Waals surface area contributed by atoms with E-state index in [4.69, 9.17) is 0 Å². The van der Waals surface area contributed by atoms with Gasteiger partial charge in [0.05, 0.1) is 4.88 Å². The lowest BCUT2D eigenvalue weighted by Gasteiger charge is -2.26. The normalized spacial score (nSPS) is 19.7. The molecule has 1 fully saturated rings. The highest BCUT2D eigenvalue weighted by molar-refractivity contribution is 7.99. The molecule has 138 valence electrons. The third kappa shape index (κ3) is 3.94. The van der Waals surface area contributed by atoms with E-state index < -0.39 is 0 Å². The number of nitriles is 1. The minimum absolute atomic E-state index is 0.0717. The van der Waals surface area contributed by atoms with Crippen LogP contribution in [0.2, 0.25) is 0 Å². The van der Waals surface area contributed by atoms with Crippen LogP contribution in [-0.2, 0) is 0 Å². The van der Waals surface area contributed by atoms with Gasteiger partial charge in [0.15, 0.2) is 11.0 Å². The fourth-order valence-corrected chi connectivity index (χ4v) is 5.11. The van der Waals surface area contributed by atoms with Gasteiger partial charge in [-0.05, 0) is 43.0 Å². The molecule has 1 aliphatic rings. The number of tetrazole rings is 1. The van der Waals surface area contributed by atoms with Crippen LogP contribution in [0.25, 0.3) is 10.6 Å². The molecule has 0 unspecified atom stereocenters. The van der Waals surface area contributed by atoms with Crippen molar-refractivity contribution in [1.29, 1.82) is 5.26 Å². The second kappa shape index (κ2) is 8.02. The van der Waals surface area contributed by atoms with Crippen LogP contribution < -0.4 is 5.56 Å². The van der Waals surface area contributed by atoms with Gasteiger partial charge in [0.25, 0.3) is 5.56 Å². The van der Waals surface area contributed by atoms with Gasteiger partial charge in [-0.25, -0.2) is 4.98 Å². The van der Waals surface area contributed by atoms with E-state index in [1.807, 2.05) is 23.6 Å². The molecular formula is C17H17N7OS2. The van der Waals surface area contributed by atoms with E-state index in [0.717, 1.165) is 42.1 Å². The Morgan fingerprint density at radius 1 is 1.33 bits per heavy atom. The smallest absolute Gasteiger partial charge is 0.270 e. The predicted molar refractivity (Wildman–Crippen MR) is 102 cm³/mol. The lowest BCUT2D eigenvalue weighted by Crippen LogP contribution is -2.17. The van der Waals surface area contributed by atoms with Crippen LogP contribution in [0.15, 0.2) is 27.5 Å². The lowest BCUT2D eigenvalue weighted by molar-refractivity contribution is 0.344. The number of hydrogen-bond acceptors (Lipinski definition) is 8. The summed E-state index contributed by atoms with van der Waals surface area (Å²) in [5, 5.41) is 26.1. The highest BCUT2D eigenvalue weighted by Gasteiger charge is 2.25. The summed E-state index contributed by atoms with van der Waals surface area (Å²) in [5.74, 6) is 2.63. The first-order chi connectivity index (χ1) is 13.2. The van der Waals surface area contributed by atoms with Crippen LogP contribution in [0, 0.1) is 17.2 Å². The van der Waals surface area contributed by atoms with Crippen molar-refractivity contribution in [2.24, 2.45) is 5.92 Å². The summed E-state index contributed by atoms with van der Waals surface area (Å²) in [5.41, 5.74) is 0.168. The highest BCUT2D eigenvalue weighted by Crippen LogP contribution is 2.36. The van der Waals surface area contributed by atoms with Gasteiger partial charge in [-0.2, -0.15) is 10.5 Å². The Balaban J connectivity index is 1.42. The first-order valence-electron chi connectivity index (χ1n) is 8.69. The second-order valence-electron chi connectivity index (χ2n) is 6.48. The van der Waals surface area contributed by atoms with Crippen LogP contribution in [0.1, 0.15) is 43.0 Å². The van der Waals surface area contributed by atoms with E-state index in [0.29, 0.717) is 22.7 Å². The molecule has 2 N–H and O–H groups in total. The van der Waals surface area contributed by atoms with Crippen LogP contribution in [-0.4, -0.2) is 36.3 Å². The molecule has 0 aliphatic heterocycles. The van der Waals surface area contributed by atoms with Gasteiger partial charge in [-0.3, -0.25) is 4.79 Å². The predicted octanol–water partition coefficient (Wildman–Crippen LogP) is 2.95. The molecule has 3 aromatic heterocycles. The molecule has 0 aromatic carbocycles. The van der Waals surface area contributed by atoms with E-state index in [2.05, 4.69) is 30.6 Å². The molecule has 0 bridgehead atoms. The number of thiophene rings is 1. The average molecular weight is 400 g/mol. The second-order valence-corrected chi connectivity index (χ2v) is 8.44. The maximum absolute atomic E-state index is 12.3. The van der Waals surface area contributed by atoms with Gasteiger partial charge in [0, 0.05) is 11.7 Å². The minimum Gasteiger partial charge on any atom is -0.300 e. The van der Waals surface area contributed by atoms with Crippen LogP contribution in [0.4, 0.5) is 0 Å². The molecule has 0 radical (unpaired) electrons. The number of aromatic amines is 2. The van der Waals surface area contributed by atoms with Gasteiger partial charge < -0.3 is 4.98 Å². The Hall–Kier alpha value is -2.51. The van der Waals surface area contributed by atoms with Crippen LogP contribution in [0.5, 0.6) is 0 Å². The topological polar surface area (TPSA) is 124 Å². The zero-order valence-corrected chi connectivity index (χ0v) is 16.0. The van der Waals surface area contributed by atoms with Gasteiger partial charge in [0.2, 0.25) is 0 Å². The zero-order valence-electron chi connectivity index (χ0n) is 14.4. The van der Waals surface area contributed by atoms with E-state index in [9.17, 15) is 10.1 Å². The maximum atomic E-state index is 12.3. The van der Waals surface area contributed by atoms with E-state index >= 15 is 0 Å². The number of H-pyrrole nitrogens is 2. The number of aromatic nitrogens is 6. The largest absolute Gasteiger partial charge is 0.300 e. The molecule has 4 rings (SSSR count). The molecule has 1 aliphatic carbocycles.